The number of nitrogens with zero attached hydrogens (tertiary/aromatic N) is 1. The summed E-state index contributed by atoms with van der Waals surface area (Å²) in [6.45, 7) is 11.4. The molecule has 0 amide bonds. The molecule has 1 aliphatic heterocycles. The Hall–Kier alpha value is -1.19. The predicted molar refractivity (Wildman–Crippen MR) is 86.1 cm³/mol. The summed E-state index contributed by atoms with van der Waals surface area (Å²) in [7, 11) is 0. The molecule has 0 bridgehead atoms. The highest BCUT2D eigenvalue weighted by molar-refractivity contribution is 6.00. The van der Waals surface area contributed by atoms with Crippen LogP contribution in [0.1, 0.15) is 46.8 Å². The molecule has 3 heteroatoms. The Balaban J connectivity index is 2.05. The van der Waals surface area contributed by atoms with Crippen molar-refractivity contribution in [2.45, 2.75) is 46.6 Å². The lowest BCUT2D eigenvalue weighted by Gasteiger charge is -2.23. The maximum atomic E-state index is 12.7. The molecule has 0 aliphatic carbocycles. The van der Waals surface area contributed by atoms with E-state index in [1.165, 1.54) is 5.56 Å². The second-order valence-electron chi connectivity index (χ2n) is 6.16. The van der Waals surface area contributed by atoms with Crippen molar-refractivity contribution < 1.29 is 9.53 Å². The lowest BCUT2D eigenvalue weighted by molar-refractivity contribution is 0.0686. The summed E-state index contributed by atoms with van der Waals surface area (Å²) in [6, 6.07) is 4.19. The van der Waals surface area contributed by atoms with Gasteiger partial charge in [0.05, 0.1) is 12.6 Å². The Bertz CT molecular complexity index is 481. The summed E-state index contributed by atoms with van der Waals surface area (Å²) in [6.07, 6.45) is 2.57. The smallest absolute Gasteiger partial charge is 0.177 e. The first-order valence-corrected chi connectivity index (χ1v) is 7.96. The number of ketones is 1. The molecule has 1 aliphatic rings. The first kappa shape index (κ1) is 16.2. The minimum absolute atomic E-state index is 0.227. The molecule has 1 aromatic rings. The van der Waals surface area contributed by atoms with E-state index in [1.807, 2.05) is 13.8 Å². The molecule has 1 atom stereocenters. The Labute approximate surface area is 128 Å². The number of Topliss-reactive ketones (excluding diaryl/α,β-unsaturated/α-hetero) is 1. The summed E-state index contributed by atoms with van der Waals surface area (Å²) >= 11 is 0. The van der Waals surface area contributed by atoms with Gasteiger partial charge >= 0.3 is 0 Å². The number of rotatable bonds is 6. The Morgan fingerprint density at radius 3 is 2.48 bits per heavy atom. The minimum atomic E-state index is 0.227. The second-order valence-corrected chi connectivity index (χ2v) is 6.16. The van der Waals surface area contributed by atoms with Crippen molar-refractivity contribution in [3.05, 3.63) is 34.4 Å². The molecule has 116 valence electrons. The van der Waals surface area contributed by atoms with Gasteiger partial charge in [0.15, 0.2) is 5.78 Å². The molecule has 2 rings (SSSR count). The van der Waals surface area contributed by atoms with Crippen LogP contribution >= 0.6 is 0 Å². The first-order chi connectivity index (χ1) is 10.0. The van der Waals surface area contributed by atoms with Gasteiger partial charge in [0.2, 0.25) is 0 Å². The number of aryl methyl sites for hydroxylation is 3. The molecular weight excluding hydrogens is 262 g/mol. The summed E-state index contributed by atoms with van der Waals surface area (Å²) < 4.78 is 5.68. The quantitative estimate of drug-likeness (QED) is 0.753. The fraction of sp³-hybridized carbons (Fsp3) is 0.611. The highest BCUT2D eigenvalue weighted by Gasteiger charge is 2.21. The highest BCUT2D eigenvalue weighted by Crippen LogP contribution is 2.18. The molecule has 0 radical (unpaired) electrons. The molecule has 3 nitrogen and oxygen atoms in total. The van der Waals surface area contributed by atoms with E-state index < -0.39 is 0 Å². The minimum Gasteiger partial charge on any atom is -0.377 e. The predicted octanol–water partition coefficient (Wildman–Crippen LogP) is 3.30. The Morgan fingerprint density at radius 1 is 1.29 bits per heavy atom. The van der Waals surface area contributed by atoms with E-state index in [0.29, 0.717) is 12.6 Å². The van der Waals surface area contributed by atoms with Crippen molar-refractivity contribution in [1.29, 1.82) is 0 Å². The molecule has 21 heavy (non-hydrogen) atoms. The van der Waals surface area contributed by atoms with Crippen molar-refractivity contribution in [1.82, 2.24) is 4.90 Å². The number of carbonyl (C=O) groups is 1. The normalized spacial score (nSPS) is 18.4. The largest absolute Gasteiger partial charge is 0.377 e. The van der Waals surface area contributed by atoms with Crippen LogP contribution in [0, 0.1) is 20.8 Å². The molecule has 1 aromatic carbocycles. The van der Waals surface area contributed by atoms with E-state index in [4.69, 9.17) is 4.74 Å². The number of carbonyl (C=O) groups excluding carboxylic acids is 1. The van der Waals surface area contributed by atoms with Crippen LogP contribution in [0.5, 0.6) is 0 Å². The van der Waals surface area contributed by atoms with Gasteiger partial charge in [-0.25, -0.2) is 0 Å². The zero-order valence-corrected chi connectivity index (χ0v) is 13.7. The number of likely N-dealkylation sites (N-methyl/N-ethyl adjacent to an activating group) is 1. The van der Waals surface area contributed by atoms with E-state index in [1.54, 1.807) is 0 Å². The van der Waals surface area contributed by atoms with Gasteiger partial charge in [0.25, 0.3) is 0 Å². The van der Waals surface area contributed by atoms with E-state index >= 15 is 0 Å². The van der Waals surface area contributed by atoms with E-state index in [2.05, 4.69) is 30.9 Å². The molecule has 0 N–H and O–H groups in total. The standard InChI is InChI=1S/C18H27NO2/c1-5-19(11-16-7-6-8-21-16)12-17(20)18-14(3)9-13(2)10-15(18)4/h9-10,16H,5-8,11-12H2,1-4H3. The van der Waals surface area contributed by atoms with Crippen LogP contribution in [0.3, 0.4) is 0 Å². The number of ether oxygens (including phenoxy) is 1. The number of hydrogen-bond donors (Lipinski definition) is 0. The molecular formula is C18H27NO2. The second kappa shape index (κ2) is 7.19. The topological polar surface area (TPSA) is 29.5 Å². The molecule has 1 heterocycles. The summed E-state index contributed by atoms with van der Waals surface area (Å²) in [5.74, 6) is 0.227. The monoisotopic (exact) mass is 289 g/mol. The molecule has 0 saturated carbocycles. The van der Waals surface area contributed by atoms with Gasteiger partial charge in [-0.2, -0.15) is 0 Å². The Morgan fingerprint density at radius 2 is 1.95 bits per heavy atom. The van der Waals surface area contributed by atoms with Gasteiger partial charge in [-0.3, -0.25) is 9.69 Å². The van der Waals surface area contributed by atoms with Crippen LogP contribution < -0.4 is 0 Å². The SMILES string of the molecule is CCN(CC(=O)c1c(C)cc(C)cc1C)CC1CCCO1. The molecule has 0 aromatic heterocycles. The molecule has 1 unspecified atom stereocenters. The van der Waals surface area contributed by atoms with Crippen LogP contribution in [-0.4, -0.2) is 43.0 Å². The summed E-state index contributed by atoms with van der Waals surface area (Å²) in [5, 5.41) is 0. The zero-order valence-electron chi connectivity index (χ0n) is 13.7. The lowest BCUT2D eigenvalue weighted by atomic mass is 9.96. The van der Waals surface area contributed by atoms with Gasteiger partial charge in [0, 0.05) is 18.7 Å². The van der Waals surface area contributed by atoms with Crippen LogP contribution in [-0.2, 0) is 4.74 Å². The number of hydrogen-bond acceptors (Lipinski definition) is 3. The van der Waals surface area contributed by atoms with Crippen molar-refractivity contribution in [3.63, 3.8) is 0 Å². The molecule has 0 spiro atoms. The third kappa shape index (κ3) is 4.14. The van der Waals surface area contributed by atoms with E-state index in [0.717, 1.165) is 49.2 Å². The van der Waals surface area contributed by atoms with Crippen molar-refractivity contribution in [3.8, 4) is 0 Å². The summed E-state index contributed by atoms with van der Waals surface area (Å²) in [5.41, 5.74) is 4.29. The average molecular weight is 289 g/mol. The molecule has 1 fully saturated rings. The lowest BCUT2D eigenvalue weighted by Crippen LogP contribution is -2.36. The van der Waals surface area contributed by atoms with Gasteiger partial charge in [-0.15, -0.1) is 0 Å². The van der Waals surface area contributed by atoms with Gasteiger partial charge in [0.1, 0.15) is 0 Å². The first-order valence-electron chi connectivity index (χ1n) is 7.96. The van der Waals surface area contributed by atoms with Crippen LogP contribution in [0.4, 0.5) is 0 Å². The number of benzene rings is 1. The van der Waals surface area contributed by atoms with Crippen molar-refractivity contribution in [2.75, 3.05) is 26.2 Å². The maximum absolute atomic E-state index is 12.7. The highest BCUT2D eigenvalue weighted by atomic mass is 16.5. The molecule has 1 saturated heterocycles. The zero-order chi connectivity index (χ0) is 15.4. The fourth-order valence-electron chi connectivity index (χ4n) is 3.28. The van der Waals surface area contributed by atoms with E-state index in [-0.39, 0.29) is 5.78 Å². The van der Waals surface area contributed by atoms with Gasteiger partial charge < -0.3 is 4.74 Å². The van der Waals surface area contributed by atoms with E-state index in [9.17, 15) is 4.79 Å². The third-order valence-corrected chi connectivity index (χ3v) is 4.26. The van der Waals surface area contributed by atoms with Gasteiger partial charge in [-0.05, 0) is 51.3 Å². The average Bonchev–Trinajstić information content (AvgIpc) is 2.89. The third-order valence-electron chi connectivity index (χ3n) is 4.26. The van der Waals surface area contributed by atoms with Crippen LogP contribution in [0.25, 0.3) is 0 Å². The maximum Gasteiger partial charge on any atom is 0.177 e. The van der Waals surface area contributed by atoms with Crippen molar-refractivity contribution in [2.24, 2.45) is 0 Å². The Kier molecular flexibility index (Phi) is 5.54. The van der Waals surface area contributed by atoms with Crippen LogP contribution in [0.2, 0.25) is 0 Å². The van der Waals surface area contributed by atoms with Gasteiger partial charge in [-0.1, -0.05) is 24.6 Å². The fourth-order valence-corrected chi connectivity index (χ4v) is 3.28. The van der Waals surface area contributed by atoms with Crippen molar-refractivity contribution >= 4 is 5.78 Å². The summed E-state index contributed by atoms with van der Waals surface area (Å²) in [4.78, 5) is 14.9. The van der Waals surface area contributed by atoms with Crippen LogP contribution in [0.15, 0.2) is 12.1 Å².